The molecule has 0 radical (unpaired) electrons. The highest BCUT2D eigenvalue weighted by molar-refractivity contribution is 6.12. The third-order valence-corrected chi connectivity index (χ3v) is 5.05. The van der Waals surface area contributed by atoms with Crippen LogP contribution in [0.1, 0.15) is 20.9 Å². The van der Waals surface area contributed by atoms with Gasteiger partial charge in [0, 0.05) is 10.9 Å². The van der Waals surface area contributed by atoms with Gasteiger partial charge in [0.2, 0.25) is 5.89 Å². The van der Waals surface area contributed by atoms with Gasteiger partial charge in [-0.1, -0.05) is 35.4 Å². The van der Waals surface area contributed by atoms with Crippen LogP contribution in [0.25, 0.3) is 22.4 Å². The summed E-state index contributed by atoms with van der Waals surface area (Å²) in [6, 6.07) is 22.5. The van der Waals surface area contributed by atoms with Gasteiger partial charge in [-0.3, -0.25) is 14.9 Å². The Hall–Kier alpha value is -4.92. The van der Waals surface area contributed by atoms with E-state index < -0.39 is 11.8 Å². The zero-order valence-electron chi connectivity index (χ0n) is 17.9. The van der Waals surface area contributed by atoms with Crippen LogP contribution in [0, 0.1) is 0 Å². The number of hydrogen-bond donors (Lipinski definition) is 2. The van der Waals surface area contributed by atoms with Gasteiger partial charge in [0.15, 0.2) is 5.76 Å². The van der Waals surface area contributed by atoms with Gasteiger partial charge in [-0.15, -0.1) is 5.10 Å². The van der Waals surface area contributed by atoms with E-state index in [0.717, 1.165) is 5.39 Å². The van der Waals surface area contributed by atoms with E-state index in [4.69, 9.17) is 13.6 Å². The second-order valence-corrected chi connectivity index (χ2v) is 7.24. The second-order valence-electron chi connectivity index (χ2n) is 7.24. The van der Waals surface area contributed by atoms with Crippen molar-refractivity contribution in [2.75, 3.05) is 17.7 Å². The maximum Gasteiger partial charge on any atom is 0.322 e. The fourth-order valence-electron chi connectivity index (χ4n) is 3.36. The van der Waals surface area contributed by atoms with Gasteiger partial charge in [-0.2, -0.15) is 0 Å². The van der Waals surface area contributed by atoms with E-state index in [1.54, 1.807) is 67.8 Å². The number of carbonyl (C=O) groups is 2. The molecule has 0 aliphatic carbocycles. The van der Waals surface area contributed by atoms with Crippen LogP contribution in [0.4, 0.5) is 11.7 Å². The number of aromatic nitrogens is 2. The highest BCUT2D eigenvalue weighted by atomic mass is 16.5. The number of fused-ring (bicyclic) bond motifs is 1. The first-order chi connectivity index (χ1) is 16.6. The summed E-state index contributed by atoms with van der Waals surface area (Å²) in [4.78, 5) is 25.6. The number of carbonyl (C=O) groups excluding carboxylic acids is 2. The standard InChI is InChI=1S/C25H18N4O5/c1-32-17-12-10-15(11-13-17)24-28-29-25(34-24)27-22(30)18-7-3-4-8-19(18)26-23(31)21-14-16-6-2-5-9-20(16)33-21/h2-14H,1H3,(H,26,31)(H,27,29,30). The summed E-state index contributed by atoms with van der Waals surface area (Å²) in [5.74, 6) is 0.0708. The van der Waals surface area contributed by atoms with Crippen LogP contribution in [0.5, 0.6) is 5.75 Å². The van der Waals surface area contributed by atoms with Crippen LogP contribution >= 0.6 is 0 Å². The number of ether oxygens (including phenoxy) is 1. The Kier molecular flexibility index (Phi) is 5.49. The van der Waals surface area contributed by atoms with Crippen molar-refractivity contribution in [3.8, 4) is 17.2 Å². The lowest BCUT2D eigenvalue weighted by Gasteiger charge is -2.09. The van der Waals surface area contributed by atoms with Crippen molar-refractivity contribution in [1.29, 1.82) is 0 Å². The predicted octanol–water partition coefficient (Wildman–Crippen LogP) is 5.00. The van der Waals surface area contributed by atoms with Crippen molar-refractivity contribution < 1.29 is 23.2 Å². The fraction of sp³-hybridized carbons (Fsp3) is 0.0400. The topological polar surface area (TPSA) is 119 Å². The molecule has 9 heteroatoms. The van der Waals surface area contributed by atoms with Gasteiger partial charge < -0.3 is 18.9 Å². The first-order valence-corrected chi connectivity index (χ1v) is 10.3. The Bertz CT molecular complexity index is 1450. The molecule has 0 aliphatic rings. The smallest absolute Gasteiger partial charge is 0.322 e. The summed E-state index contributed by atoms with van der Waals surface area (Å²) < 4.78 is 16.3. The van der Waals surface area contributed by atoms with Crippen LogP contribution in [-0.2, 0) is 0 Å². The largest absolute Gasteiger partial charge is 0.497 e. The number of rotatable bonds is 6. The Balaban J connectivity index is 1.32. The molecule has 34 heavy (non-hydrogen) atoms. The first kappa shape index (κ1) is 21.0. The first-order valence-electron chi connectivity index (χ1n) is 10.3. The molecule has 0 bridgehead atoms. The van der Waals surface area contributed by atoms with Crippen molar-refractivity contribution in [3.63, 3.8) is 0 Å². The van der Waals surface area contributed by atoms with Gasteiger partial charge in [0.25, 0.3) is 11.8 Å². The van der Waals surface area contributed by atoms with Crippen molar-refractivity contribution in [3.05, 3.63) is 90.2 Å². The Morgan fingerprint density at radius 1 is 0.824 bits per heavy atom. The van der Waals surface area contributed by atoms with Gasteiger partial charge in [-0.25, -0.2) is 0 Å². The molecule has 0 aliphatic heterocycles. The molecule has 0 saturated heterocycles. The Morgan fingerprint density at radius 2 is 1.59 bits per heavy atom. The second kappa shape index (κ2) is 8.91. The maximum absolute atomic E-state index is 12.9. The van der Waals surface area contributed by atoms with E-state index >= 15 is 0 Å². The molecule has 2 heterocycles. The molecule has 0 fully saturated rings. The summed E-state index contributed by atoms with van der Waals surface area (Å²) in [5, 5.41) is 13.9. The van der Waals surface area contributed by atoms with E-state index in [-0.39, 0.29) is 23.2 Å². The number of hydrogen-bond acceptors (Lipinski definition) is 7. The zero-order valence-corrected chi connectivity index (χ0v) is 17.9. The average Bonchev–Trinajstić information content (AvgIpc) is 3.51. The molecule has 0 atom stereocenters. The normalized spacial score (nSPS) is 10.7. The lowest BCUT2D eigenvalue weighted by molar-refractivity contribution is 0.0998. The van der Waals surface area contributed by atoms with Gasteiger partial charge in [0.1, 0.15) is 11.3 Å². The van der Waals surface area contributed by atoms with Crippen LogP contribution in [0.2, 0.25) is 0 Å². The summed E-state index contributed by atoms with van der Waals surface area (Å²) >= 11 is 0. The molecule has 3 aromatic carbocycles. The highest BCUT2D eigenvalue weighted by Crippen LogP contribution is 2.24. The van der Waals surface area contributed by atoms with Crippen LogP contribution in [-0.4, -0.2) is 29.1 Å². The van der Waals surface area contributed by atoms with Gasteiger partial charge >= 0.3 is 6.01 Å². The van der Waals surface area contributed by atoms with E-state index in [9.17, 15) is 9.59 Å². The predicted molar refractivity (Wildman–Crippen MR) is 125 cm³/mol. The monoisotopic (exact) mass is 454 g/mol. The molecule has 0 unspecified atom stereocenters. The quantitative estimate of drug-likeness (QED) is 0.371. The molecular weight excluding hydrogens is 436 g/mol. The minimum atomic E-state index is -0.523. The molecule has 0 saturated carbocycles. The number of anilines is 2. The maximum atomic E-state index is 12.9. The number of benzene rings is 3. The third-order valence-electron chi connectivity index (χ3n) is 5.05. The molecule has 9 nitrogen and oxygen atoms in total. The molecule has 2 amide bonds. The Labute approximate surface area is 193 Å². The van der Waals surface area contributed by atoms with Crippen molar-refractivity contribution in [1.82, 2.24) is 10.2 Å². The van der Waals surface area contributed by atoms with Crippen LogP contribution in [0.3, 0.4) is 0 Å². The Morgan fingerprint density at radius 3 is 2.38 bits per heavy atom. The van der Waals surface area contributed by atoms with Crippen molar-refractivity contribution in [2.45, 2.75) is 0 Å². The van der Waals surface area contributed by atoms with E-state index in [0.29, 0.717) is 22.6 Å². The van der Waals surface area contributed by atoms with Crippen molar-refractivity contribution in [2.24, 2.45) is 0 Å². The SMILES string of the molecule is COc1ccc(-c2nnc(NC(=O)c3ccccc3NC(=O)c3cc4ccccc4o3)o2)cc1. The third kappa shape index (κ3) is 4.22. The van der Waals surface area contributed by atoms with Gasteiger partial charge in [0.05, 0.1) is 18.4 Å². The average molecular weight is 454 g/mol. The number of furan rings is 1. The highest BCUT2D eigenvalue weighted by Gasteiger charge is 2.19. The van der Waals surface area contributed by atoms with E-state index in [2.05, 4.69) is 20.8 Å². The fourth-order valence-corrected chi connectivity index (χ4v) is 3.36. The van der Waals surface area contributed by atoms with Crippen molar-refractivity contribution >= 4 is 34.5 Å². The summed E-state index contributed by atoms with van der Waals surface area (Å²) in [6.45, 7) is 0. The van der Waals surface area contributed by atoms with E-state index in [1.165, 1.54) is 0 Å². The number of nitrogens with zero attached hydrogens (tertiary/aromatic N) is 2. The minimum Gasteiger partial charge on any atom is -0.497 e. The molecule has 2 N–H and O–H groups in total. The van der Waals surface area contributed by atoms with E-state index in [1.807, 2.05) is 18.2 Å². The van der Waals surface area contributed by atoms with Crippen LogP contribution < -0.4 is 15.4 Å². The number of para-hydroxylation sites is 2. The molecule has 2 aromatic heterocycles. The molecule has 168 valence electrons. The minimum absolute atomic E-state index is 0.0748. The number of amides is 2. The van der Waals surface area contributed by atoms with Gasteiger partial charge in [-0.05, 0) is 48.5 Å². The molecular formula is C25H18N4O5. The summed E-state index contributed by atoms with van der Waals surface area (Å²) in [7, 11) is 1.58. The zero-order chi connectivity index (χ0) is 23.5. The summed E-state index contributed by atoms with van der Waals surface area (Å²) in [6.07, 6.45) is 0. The summed E-state index contributed by atoms with van der Waals surface area (Å²) in [5.41, 5.74) is 1.80. The lowest BCUT2D eigenvalue weighted by Crippen LogP contribution is -2.18. The number of nitrogens with one attached hydrogen (secondary N) is 2. The van der Waals surface area contributed by atoms with Crippen LogP contribution in [0.15, 0.2) is 87.7 Å². The molecule has 5 aromatic rings. The number of methoxy groups -OCH3 is 1. The molecule has 0 spiro atoms. The lowest BCUT2D eigenvalue weighted by atomic mass is 10.1. The molecule has 5 rings (SSSR count).